The van der Waals surface area contributed by atoms with Crippen LogP contribution in [0.5, 0.6) is 0 Å². The van der Waals surface area contributed by atoms with Gasteiger partial charge in [0, 0.05) is 20.3 Å². The number of nitrogens with two attached hydrogens (primary N) is 1. The zero-order valence-electron chi connectivity index (χ0n) is 11.2. The monoisotopic (exact) mass is 292 g/mol. The van der Waals surface area contributed by atoms with Crippen molar-refractivity contribution in [3.63, 3.8) is 0 Å². The molecule has 2 aromatic heterocycles. The molecule has 0 bridgehead atoms. The number of rotatable bonds is 4. The summed E-state index contributed by atoms with van der Waals surface area (Å²) >= 11 is 0. The molecule has 3 N–H and O–H groups in total. The van der Waals surface area contributed by atoms with Gasteiger partial charge in [0.1, 0.15) is 6.33 Å². The number of nitrogens with one attached hydrogen (secondary N) is 1. The Kier molecular flexibility index (Phi) is 3.75. The summed E-state index contributed by atoms with van der Waals surface area (Å²) in [5.74, 6) is 4.61. The van der Waals surface area contributed by atoms with Crippen LogP contribution in [0.15, 0.2) is 18.6 Å². The Morgan fingerprint density at radius 3 is 2.76 bits per heavy atom. The lowest BCUT2D eigenvalue weighted by molar-refractivity contribution is -0.384. The second-order valence-electron chi connectivity index (χ2n) is 4.14. The summed E-state index contributed by atoms with van der Waals surface area (Å²) in [6, 6.07) is 1.43. The van der Waals surface area contributed by atoms with E-state index in [0.29, 0.717) is 0 Å². The molecule has 0 atom stereocenters. The maximum absolute atomic E-state index is 11.8. The highest BCUT2D eigenvalue weighted by molar-refractivity contribution is 5.91. The van der Waals surface area contributed by atoms with Crippen LogP contribution < -0.4 is 11.3 Å². The average Bonchev–Trinajstić information content (AvgIpc) is 2.94. The molecule has 0 saturated carbocycles. The van der Waals surface area contributed by atoms with Gasteiger partial charge in [-0.15, -0.1) is 0 Å². The Morgan fingerprint density at radius 1 is 1.48 bits per heavy atom. The second kappa shape index (κ2) is 5.50. The Labute approximate surface area is 118 Å². The van der Waals surface area contributed by atoms with Gasteiger partial charge >= 0.3 is 5.69 Å². The molecule has 0 saturated heterocycles. The van der Waals surface area contributed by atoms with Crippen LogP contribution in [-0.2, 0) is 0 Å². The molecule has 11 nitrogen and oxygen atoms in total. The first kappa shape index (κ1) is 14.3. The van der Waals surface area contributed by atoms with Crippen molar-refractivity contribution >= 4 is 17.4 Å². The SMILES string of the molecule is CN(C)C(=O)c1ccn(-c2ncnc(NN)c2[N+](=O)[O-])n1. The first-order valence-corrected chi connectivity index (χ1v) is 5.69. The van der Waals surface area contributed by atoms with Gasteiger partial charge in [0.2, 0.25) is 11.6 Å². The van der Waals surface area contributed by atoms with E-state index in [2.05, 4.69) is 20.5 Å². The summed E-state index contributed by atoms with van der Waals surface area (Å²) in [7, 11) is 3.15. The molecular formula is C10H12N8O3. The lowest BCUT2D eigenvalue weighted by Crippen LogP contribution is -2.22. The van der Waals surface area contributed by atoms with Crippen LogP contribution in [0.2, 0.25) is 0 Å². The third-order valence-electron chi connectivity index (χ3n) is 2.55. The van der Waals surface area contributed by atoms with Crippen LogP contribution in [0.3, 0.4) is 0 Å². The molecule has 11 heteroatoms. The topological polar surface area (TPSA) is 145 Å². The smallest absolute Gasteiger partial charge is 0.343 e. The van der Waals surface area contributed by atoms with Crippen LogP contribution in [0.25, 0.3) is 5.82 Å². The van der Waals surface area contributed by atoms with Crippen molar-refractivity contribution in [1.29, 1.82) is 0 Å². The number of nitro groups is 1. The Bertz CT molecular complexity index is 695. The minimum Gasteiger partial charge on any atom is -0.343 e. The minimum absolute atomic E-state index is 0.0965. The normalized spacial score (nSPS) is 10.2. The van der Waals surface area contributed by atoms with Gasteiger partial charge in [-0.3, -0.25) is 14.9 Å². The molecule has 0 aliphatic heterocycles. The predicted molar refractivity (Wildman–Crippen MR) is 71.6 cm³/mol. The number of hydrazine groups is 1. The van der Waals surface area contributed by atoms with Crippen molar-refractivity contribution in [2.75, 3.05) is 19.5 Å². The molecule has 0 aromatic carbocycles. The summed E-state index contributed by atoms with van der Waals surface area (Å²) in [6.45, 7) is 0. The second-order valence-corrected chi connectivity index (χ2v) is 4.14. The molecule has 21 heavy (non-hydrogen) atoms. The highest BCUT2D eigenvalue weighted by Gasteiger charge is 2.25. The highest BCUT2D eigenvalue weighted by Crippen LogP contribution is 2.26. The fourth-order valence-electron chi connectivity index (χ4n) is 1.60. The van der Waals surface area contributed by atoms with E-state index in [9.17, 15) is 14.9 Å². The summed E-state index contributed by atoms with van der Waals surface area (Å²) in [5.41, 5.74) is 1.82. The largest absolute Gasteiger partial charge is 0.356 e. The number of hydrogen-bond acceptors (Lipinski definition) is 8. The van der Waals surface area contributed by atoms with Crippen LogP contribution in [0.4, 0.5) is 11.5 Å². The number of aromatic nitrogens is 4. The van der Waals surface area contributed by atoms with E-state index in [4.69, 9.17) is 5.84 Å². The van der Waals surface area contributed by atoms with E-state index >= 15 is 0 Å². The molecule has 0 aliphatic rings. The van der Waals surface area contributed by atoms with E-state index in [1.807, 2.05) is 0 Å². The van der Waals surface area contributed by atoms with Crippen molar-refractivity contribution in [2.24, 2.45) is 5.84 Å². The number of carbonyl (C=O) groups is 1. The summed E-state index contributed by atoms with van der Waals surface area (Å²) < 4.78 is 1.12. The number of carbonyl (C=O) groups excluding carboxylic acids is 1. The summed E-state index contributed by atoms with van der Waals surface area (Å²) in [4.78, 5) is 31.1. The number of nitrogens with zero attached hydrogens (tertiary/aromatic N) is 6. The van der Waals surface area contributed by atoms with Crippen molar-refractivity contribution in [2.45, 2.75) is 0 Å². The third kappa shape index (κ3) is 2.62. The van der Waals surface area contributed by atoms with Gasteiger partial charge in [-0.05, 0) is 6.07 Å². The Morgan fingerprint density at radius 2 is 2.19 bits per heavy atom. The standard InChI is InChI=1S/C10H12N8O3/c1-16(2)10(19)6-3-4-17(15-6)9-7(18(20)21)8(14-11)12-5-13-9/h3-5H,11H2,1-2H3,(H,12,13,14). The van der Waals surface area contributed by atoms with E-state index < -0.39 is 10.6 Å². The molecular weight excluding hydrogens is 280 g/mol. The number of amides is 1. The van der Waals surface area contributed by atoms with Gasteiger partial charge in [-0.25, -0.2) is 20.5 Å². The van der Waals surface area contributed by atoms with Crippen molar-refractivity contribution in [3.05, 3.63) is 34.4 Å². The summed E-state index contributed by atoms with van der Waals surface area (Å²) in [6.07, 6.45) is 2.50. The molecule has 110 valence electrons. The predicted octanol–water partition coefficient (Wildman–Crippen LogP) is -0.442. The molecule has 2 rings (SSSR count). The zero-order valence-corrected chi connectivity index (χ0v) is 11.2. The van der Waals surface area contributed by atoms with E-state index in [0.717, 1.165) is 11.0 Å². The molecule has 1 amide bonds. The van der Waals surface area contributed by atoms with E-state index in [1.54, 1.807) is 14.1 Å². The van der Waals surface area contributed by atoms with Gasteiger partial charge in [0.15, 0.2) is 5.69 Å². The van der Waals surface area contributed by atoms with E-state index in [-0.39, 0.29) is 23.2 Å². The molecule has 0 spiro atoms. The summed E-state index contributed by atoms with van der Waals surface area (Å²) in [5, 5.41) is 15.1. The third-order valence-corrected chi connectivity index (χ3v) is 2.55. The molecule has 0 unspecified atom stereocenters. The first-order valence-electron chi connectivity index (χ1n) is 5.69. The zero-order chi connectivity index (χ0) is 15.6. The fraction of sp³-hybridized carbons (Fsp3) is 0.200. The van der Waals surface area contributed by atoms with Gasteiger partial charge in [-0.2, -0.15) is 5.10 Å². The van der Waals surface area contributed by atoms with Crippen molar-refractivity contribution < 1.29 is 9.72 Å². The van der Waals surface area contributed by atoms with Gasteiger partial charge in [0.25, 0.3) is 5.91 Å². The molecule has 2 heterocycles. The maximum atomic E-state index is 11.8. The maximum Gasteiger partial charge on any atom is 0.356 e. The van der Waals surface area contributed by atoms with Gasteiger partial charge < -0.3 is 10.3 Å². The molecule has 2 aromatic rings. The van der Waals surface area contributed by atoms with E-state index in [1.165, 1.54) is 17.2 Å². The highest BCUT2D eigenvalue weighted by atomic mass is 16.6. The van der Waals surface area contributed by atoms with Crippen LogP contribution in [0.1, 0.15) is 10.5 Å². The fourth-order valence-corrected chi connectivity index (χ4v) is 1.60. The number of anilines is 1. The lowest BCUT2D eigenvalue weighted by atomic mass is 10.4. The quantitative estimate of drug-likeness (QED) is 0.438. The van der Waals surface area contributed by atoms with Crippen LogP contribution >= 0.6 is 0 Å². The van der Waals surface area contributed by atoms with Crippen LogP contribution in [0, 0.1) is 10.1 Å². The number of hydrogen-bond donors (Lipinski definition) is 2. The average molecular weight is 292 g/mol. The minimum atomic E-state index is -0.681. The molecule has 0 aliphatic carbocycles. The molecule has 0 radical (unpaired) electrons. The van der Waals surface area contributed by atoms with Gasteiger partial charge in [-0.1, -0.05) is 0 Å². The Balaban J connectivity index is 2.53. The first-order chi connectivity index (χ1) is 9.95. The number of nitrogen functional groups attached to an aromatic ring is 1. The van der Waals surface area contributed by atoms with Crippen LogP contribution in [-0.4, -0.2) is 49.6 Å². The lowest BCUT2D eigenvalue weighted by Gasteiger charge is -2.07. The van der Waals surface area contributed by atoms with Gasteiger partial charge in [0.05, 0.1) is 4.92 Å². The Hall–Kier alpha value is -3.08. The van der Waals surface area contributed by atoms with Crippen molar-refractivity contribution in [3.8, 4) is 5.82 Å². The van der Waals surface area contributed by atoms with Crippen molar-refractivity contribution in [1.82, 2.24) is 24.6 Å². The molecule has 0 fully saturated rings.